The van der Waals surface area contributed by atoms with Crippen LogP contribution in [0.2, 0.25) is 0 Å². The van der Waals surface area contributed by atoms with E-state index in [1.165, 1.54) is 0 Å². The quantitative estimate of drug-likeness (QED) is 0.830. The molecule has 3 heteroatoms. The molecular weight excluding hydrogens is 264 g/mol. The maximum atomic E-state index is 12.2. The Balaban J connectivity index is 2.20. The van der Waals surface area contributed by atoms with Gasteiger partial charge in [0.25, 0.3) is 0 Å². The third-order valence-electron chi connectivity index (χ3n) is 3.89. The third-order valence-corrected chi connectivity index (χ3v) is 3.89. The van der Waals surface area contributed by atoms with E-state index in [9.17, 15) is 9.90 Å². The number of phenolic OH excluding ortho intramolecular Hbond substituents is 1. The molecule has 0 aliphatic heterocycles. The van der Waals surface area contributed by atoms with Crippen LogP contribution in [0.4, 0.5) is 0 Å². The molecule has 21 heavy (non-hydrogen) atoms. The highest BCUT2D eigenvalue weighted by atomic mass is 16.5. The second-order valence-corrected chi connectivity index (χ2v) is 5.39. The van der Waals surface area contributed by atoms with Crippen molar-refractivity contribution < 1.29 is 14.6 Å². The van der Waals surface area contributed by atoms with Crippen molar-refractivity contribution in [2.24, 2.45) is 0 Å². The smallest absolute Gasteiger partial charge is 0.313 e. The van der Waals surface area contributed by atoms with Gasteiger partial charge in [0.1, 0.15) is 11.9 Å². The maximum Gasteiger partial charge on any atom is 0.313 e. The van der Waals surface area contributed by atoms with Gasteiger partial charge in [-0.2, -0.15) is 0 Å². The second-order valence-electron chi connectivity index (χ2n) is 5.39. The zero-order chi connectivity index (χ0) is 15.4. The summed E-state index contributed by atoms with van der Waals surface area (Å²) in [5, 5.41) is 11.4. The van der Waals surface area contributed by atoms with Crippen molar-refractivity contribution in [2.45, 2.75) is 45.6 Å². The number of fused-ring (bicyclic) bond motifs is 1. The first-order chi connectivity index (χ1) is 10.0. The SMILES string of the molecule is CCC(CC)OC(=O)[C@@H](C)c1ccc2cc(O)ccc2c1. The molecule has 0 fully saturated rings. The topological polar surface area (TPSA) is 46.5 Å². The highest BCUT2D eigenvalue weighted by molar-refractivity contribution is 5.86. The van der Waals surface area contributed by atoms with Crippen molar-refractivity contribution >= 4 is 16.7 Å². The molecular formula is C18H22O3. The minimum Gasteiger partial charge on any atom is -0.508 e. The van der Waals surface area contributed by atoms with Crippen molar-refractivity contribution in [1.82, 2.24) is 0 Å². The number of hydrogen-bond donors (Lipinski definition) is 1. The molecule has 0 aromatic heterocycles. The Kier molecular flexibility index (Phi) is 4.84. The number of carbonyl (C=O) groups excluding carboxylic acids is 1. The summed E-state index contributed by atoms with van der Waals surface area (Å²) in [5.41, 5.74) is 0.934. The Bertz CT molecular complexity index is 629. The molecule has 2 aromatic rings. The Morgan fingerprint density at radius 1 is 1.10 bits per heavy atom. The van der Waals surface area contributed by atoms with Gasteiger partial charge in [0.15, 0.2) is 0 Å². The predicted molar refractivity (Wildman–Crippen MR) is 84.5 cm³/mol. The lowest BCUT2D eigenvalue weighted by atomic mass is 9.97. The summed E-state index contributed by atoms with van der Waals surface area (Å²) in [4.78, 5) is 12.2. The number of benzene rings is 2. The normalized spacial score (nSPS) is 12.6. The van der Waals surface area contributed by atoms with E-state index in [1.807, 2.05) is 45.0 Å². The number of phenols is 1. The molecule has 1 atom stereocenters. The molecule has 0 bridgehead atoms. The molecule has 0 aliphatic rings. The number of aromatic hydroxyl groups is 1. The zero-order valence-electron chi connectivity index (χ0n) is 12.8. The minimum absolute atomic E-state index is 0.00245. The minimum atomic E-state index is -0.288. The Labute approximate surface area is 125 Å². The van der Waals surface area contributed by atoms with E-state index in [0.717, 1.165) is 29.2 Å². The number of rotatable bonds is 5. The van der Waals surface area contributed by atoms with Crippen molar-refractivity contribution in [3.63, 3.8) is 0 Å². The number of esters is 1. The van der Waals surface area contributed by atoms with Gasteiger partial charge in [-0.25, -0.2) is 0 Å². The summed E-state index contributed by atoms with van der Waals surface area (Å²) < 4.78 is 5.52. The fraction of sp³-hybridized carbons (Fsp3) is 0.389. The van der Waals surface area contributed by atoms with Crippen LogP contribution in [-0.2, 0) is 9.53 Å². The summed E-state index contributed by atoms with van der Waals surface area (Å²) in [6.45, 7) is 5.91. The van der Waals surface area contributed by atoms with Gasteiger partial charge in [0.05, 0.1) is 5.92 Å². The third kappa shape index (κ3) is 3.54. The van der Waals surface area contributed by atoms with Gasteiger partial charge in [-0.05, 0) is 48.2 Å². The molecule has 0 spiro atoms. The Hall–Kier alpha value is -2.03. The molecule has 2 aromatic carbocycles. The van der Waals surface area contributed by atoms with Gasteiger partial charge >= 0.3 is 5.97 Å². The fourth-order valence-electron chi connectivity index (χ4n) is 2.38. The fourth-order valence-corrected chi connectivity index (χ4v) is 2.38. The van der Waals surface area contributed by atoms with Crippen LogP contribution in [0.25, 0.3) is 10.8 Å². The average Bonchev–Trinajstić information content (AvgIpc) is 2.51. The Morgan fingerprint density at radius 3 is 2.38 bits per heavy atom. The lowest BCUT2D eigenvalue weighted by Crippen LogP contribution is -2.20. The van der Waals surface area contributed by atoms with Crippen LogP contribution in [0.5, 0.6) is 5.75 Å². The Morgan fingerprint density at radius 2 is 1.71 bits per heavy atom. The maximum absolute atomic E-state index is 12.2. The molecule has 0 saturated heterocycles. The van der Waals surface area contributed by atoms with Gasteiger partial charge in [0.2, 0.25) is 0 Å². The first-order valence-electron chi connectivity index (χ1n) is 7.48. The van der Waals surface area contributed by atoms with Crippen LogP contribution >= 0.6 is 0 Å². The van der Waals surface area contributed by atoms with Gasteiger partial charge in [-0.1, -0.05) is 38.1 Å². The van der Waals surface area contributed by atoms with Crippen molar-refractivity contribution in [1.29, 1.82) is 0 Å². The molecule has 0 heterocycles. The molecule has 0 amide bonds. The summed E-state index contributed by atoms with van der Waals surface area (Å²) in [7, 11) is 0. The summed E-state index contributed by atoms with van der Waals surface area (Å²) in [6.07, 6.45) is 1.68. The summed E-state index contributed by atoms with van der Waals surface area (Å²) >= 11 is 0. The molecule has 3 nitrogen and oxygen atoms in total. The highest BCUT2D eigenvalue weighted by Crippen LogP contribution is 2.25. The average molecular weight is 286 g/mol. The van der Waals surface area contributed by atoms with E-state index in [-0.39, 0.29) is 23.7 Å². The van der Waals surface area contributed by atoms with Gasteiger partial charge in [0, 0.05) is 0 Å². The number of hydrogen-bond acceptors (Lipinski definition) is 3. The molecule has 112 valence electrons. The second kappa shape index (κ2) is 6.61. The predicted octanol–water partition coefficient (Wildman–Crippen LogP) is 4.38. The van der Waals surface area contributed by atoms with Crippen LogP contribution < -0.4 is 0 Å². The van der Waals surface area contributed by atoms with Crippen LogP contribution in [0.15, 0.2) is 36.4 Å². The van der Waals surface area contributed by atoms with E-state index < -0.39 is 0 Å². The molecule has 2 rings (SSSR count). The molecule has 0 saturated carbocycles. The zero-order valence-corrected chi connectivity index (χ0v) is 12.8. The first-order valence-corrected chi connectivity index (χ1v) is 7.48. The lowest BCUT2D eigenvalue weighted by molar-refractivity contribution is -0.150. The van der Waals surface area contributed by atoms with Crippen LogP contribution in [-0.4, -0.2) is 17.2 Å². The molecule has 1 N–H and O–H groups in total. The molecule has 0 unspecified atom stereocenters. The summed E-state index contributed by atoms with van der Waals surface area (Å²) in [6, 6.07) is 11.0. The van der Waals surface area contributed by atoms with E-state index >= 15 is 0 Å². The largest absolute Gasteiger partial charge is 0.508 e. The van der Waals surface area contributed by atoms with Crippen LogP contribution in [0.1, 0.15) is 45.1 Å². The number of carbonyl (C=O) groups is 1. The lowest BCUT2D eigenvalue weighted by Gasteiger charge is -2.18. The van der Waals surface area contributed by atoms with Crippen molar-refractivity contribution in [3.8, 4) is 5.75 Å². The standard InChI is InChI=1S/C18H22O3/c1-4-17(5-2)21-18(20)12(3)13-6-7-15-11-16(19)9-8-14(15)10-13/h6-12,17,19H,4-5H2,1-3H3/t12-/m0/s1. The highest BCUT2D eigenvalue weighted by Gasteiger charge is 2.20. The van der Waals surface area contributed by atoms with E-state index in [1.54, 1.807) is 12.1 Å². The van der Waals surface area contributed by atoms with Crippen molar-refractivity contribution in [2.75, 3.05) is 0 Å². The van der Waals surface area contributed by atoms with E-state index in [0.29, 0.717) is 0 Å². The van der Waals surface area contributed by atoms with E-state index in [2.05, 4.69) is 0 Å². The van der Waals surface area contributed by atoms with Crippen LogP contribution in [0.3, 0.4) is 0 Å². The van der Waals surface area contributed by atoms with Crippen LogP contribution in [0, 0.1) is 0 Å². The van der Waals surface area contributed by atoms with Gasteiger partial charge in [-0.3, -0.25) is 4.79 Å². The van der Waals surface area contributed by atoms with Gasteiger partial charge in [-0.15, -0.1) is 0 Å². The molecule has 0 aliphatic carbocycles. The number of ether oxygens (including phenoxy) is 1. The molecule has 0 radical (unpaired) electrons. The van der Waals surface area contributed by atoms with E-state index in [4.69, 9.17) is 4.74 Å². The van der Waals surface area contributed by atoms with Crippen molar-refractivity contribution in [3.05, 3.63) is 42.0 Å². The monoisotopic (exact) mass is 286 g/mol. The summed E-state index contributed by atoms with van der Waals surface area (Å²) in [5.74, 6) is -0.220. The van der Waals surface area contributed by atoms with Gasteiger partial charge < -0.3 is 9.84 Å². The first kappa shape index (κ1) is 15.4.